The molecule has 9 heteroatoms. The Bertz CT molecular complexity index is 663. The zero-order chi connectivity index (χ0) is 18.8. The van der Waals surface area contributed by atoms with E-state index in [9.17, 15) is 22.8 Å². The molecular weight excluding hydrogens is 359 g/mol. The fourth-order valence-electron chi connectivity index (χ4n) is 2.10. The van der Waals surface area contributed by atoms with Crippen LogP contribution in [0.15, 0.2) is 18.2 Å². The Labute approximate surface area is 148 Å². The molecule has 5 nitrogen and oxygen atoms in total. The molecule has 1 saturated carbocycles. The number of benzene rings is 1. The van der Waals surface area contributed by atoms with Gasteiger partial charge in [-0.3, -0.25) is 14.5 Å². The van der Waals surface area contributed by atoms with Gasteiger partial charge in [0.15, 0.2) is 0 Å². The number of carbonyl (C=O) groups excluding carboxylic acids is 2. The lowest BCUT2D eigenvalue weighted by Gasteiger charge is -2.23. The molecule has 2 rings (SSSR count). The molecule has 0 aliphatic heterocycles. The maximum absolute atomic E-state index is 12.8. The highest BCUT2D eigenvalue weighted by molar-refractivity contribution is 6.33. The molecular formula is C16H19ClF3N3O2. The summed E-state index contributed by atoms with van der Waals surface area (Å²) < 4.78 is 38.3. The monoisotopic (exact) mass is 377 g/mol. The summed E-state index contributed by atoms with van der Waals surface area (Å²) in [6.45, 7) is 1.57. The van der Waals surface area contributed by atoms with E-state index in [0.29, 0.717) is 0 Å². The summed E-state index contributed by atoms with van der Waals surface area (Å²) in [5.74, 6) is -0.746. The highest BCUT2D eigenvalue weighted by atomic mass is 35.5. The molecule has 1 atom stereocenters. The van der Waals surface area contributed by atoms with E-state index in [2.05, 4.69) is 10.6 Å². The molecule has 138 valence electrons. The van der Waals surface area contributed by atoms with Crippen LogP contribution in [0.2, 0.25) is 5.02 Å². The van der Waals surface area contributed by atoms with Crippen LogP contribution in [0.3, 0.4) is 0 Å². The van der Waals surface area contributed by atoms with Crippen molar-refractivity contribution in [2.45, 2.75) is 38.0 Å². The SMILES string of the molecule is C[C@@H](C(=O)Nc1cc(C(F)(F)F)ccc1Cl)N(C)CC(=O)NC1CC1. The van der Waals surface area contributed by atoms with Gasteiger partial charge in [-0.2, -0.15) is 13.2 Å². The number of halogens is 4. The molecule has 1 fully saturated rings. The highest BCUT2D eigenvalue weighted by Crippen LogP contribution is 2.33. The van der Waals surface area contributed by atoms with Crippen molar-refractivity contribution >= 4 is 29.1 Å². The number of nitrogens with zero attached hydrogens (tertiary/aromatic N) is 1. The number of hydrogen-bond acceptors (Lipinski definition) is 3. The lowest BCUT2D eigenvalue weighted by Crippen LogP contribution is -2.45. The van der Waals surface area contributed by atoms with Gasteiger partial charge in [0.25, 0.3) is 0 Å². The Hall–Kier alpha value is -1.80. The van der Waals surface area contributed by atoms with Crippen molar-refractivity contribution < 1.29 is 22.8 Å². The largest absolute Gasteiger partial charge is 0.416 e. The summed E-state index contributed by atoms with van der Waals surface area (Å²) in [6, 6.07) is 2.20. The molecule has 1 aromatic carbocycles. The predicted octanol–water partition coefficient (Wildman–Crippen LogP) is 2.90. The number of amides is 2. The summed E-state index contributed by atoms with van der Waals surface area (Å²) in [5, 5.41) is 5.19. The molecule has 0 unspecified atom stereocenters. The first kappa shape index (κ1) is 19.5. The Balaban J connectivity index is 1.98. The molecule has 0 saturated heterocycles. The molecule has 1 aromatic rings. The second kappa shape index (κ2) is 7.61. The summed E-state index contributed by atoms with van der Waals surface area (Å²) in [4.78, 5) is 25.5. The molecule has 0 heterocycles. The van der Waals surface area contributed by atoms with Gasteiger partial charge in [0.1, 0.15) is 0 Å². The summed E-state index contributed by atoms with van der Waals surface area (Å²) in [6.07, 6.45) is -2.62. The van der Waals surface area contributed by atoms with Crippen molar-refractivity contribution in [1.29, 1.82) is 0 Å². The topological polar surface area (TPSA) is 61.4 Å². The van der Waals surface area contributed by atoms with Crippen molar-refractivity contribution in [1.82, 2.24) is 10.2 Å². The Morgan fingerprint density at radius 3 is 2.56 bits per heavy atom. The molecule has 0 bridgehead atoms. The van der Waals surface area contributed by atoms with Crippen molar-refractivity contribution in [3.63, 3.8) is 0 Å². The second-order valence-corrected chi connectivity index (χ2v) is 6.52. The zero-order valence-electron chi connectivity index (χ0n) is 13.8. The van der Waals surface area contributed by atoms with Gasteiger partial charge in [-0.1, -0.05) is 11.6 Å². The van der Waals surface area contributed by atoms with Gasteiger partial charge in [-0.25, -0.2) is 0 Å². The number of rotatable bonds is 6. The molecule has 1 aliphatic rings. The van der Waals surface area contributed by atoms with E-state index >= 15 is 0 Å². The first-order valence-electron chi connectivity index (χ1n) is 7.75. The van der Waals surface area contributed by atoms with Crippen molar-refractivity contribution in [2.24, 2.45) is 0 Å². The lowest BCUT2D eigenvalue weighted by molar-refractivity contribution is -0.137. The minimum Gasteiger partial charge on any atom is -0.352 e. The maximum atomic E-state index is 12.8. The van der Waals surface area contributed by atoms with Crippen LogP contribution in [0.1, 0.15) is 25.3 Å². The van der Waals surface area contributed by atoms with Crippen LogP contribution in [0.5, 0.6) is 0 Å². The predicted molar refractivity (Wildman–Crippen MR) is 88.3 cm³/mol. The average Bonchev–Trinajstić information content (AvgIpc) is 3.31. The molecule has 25 heavy (non-hydrogen) atoms. The van der Waals surface area contributed by atoms with E-state index in [1.165, 1.54) is 4.90 Å². The van der Waals surface area contributed by atoms with Crippen LogP contribution >= 0.6 is 11.6 Å². The number of carbonyl (C=O) groups is 2. The van der Waals surface area contributed by atoms with Gasteiger partial charge in [0, 0.05) is 6.04 Å². The maximum Gasteiger partial charge on any atom is 0.416 e. The first-order chi connectivity index (χ1) is 11.6. The van der Waals surface area contributed by atoms with Crippen molar-refractivity contribution in [2.75, 3.05) is 18.9 Å². The van der Waals surface area contributed by atoms with E-state index in [-0.39, 0.29) is 29.2 Å². The van der Waals surface area contributed by atoms with Crippen LogP contribution in [-0.4, -0.2) is 42.4 Å². The van der Waals surface area contributed by atoms with E-state index in [1.54, 1.807) is 14.0 Å². The minimum atomic E-state index is -4.53. The molecule has 1 aliphatic carbocycles. The third-order valence-electron chi connectivity index (χ3n) is 3.93. The second-order valence-electron chi connectivity index (χ2n) is 6.11. The summed E-state index contributed by atoms with van der Waals surface area (Å²) >= 11 is 5.86. The van der Waals surface area contributed by atoms with Gasteiger partial charge < -0.3 is 10.6 Å². The molecule has 0 radical (unpaired) electrons. The van der Waals surface area contributed by atoms with Crippen LogP contribution in [-0.2, 0) is 15.8 Å². The van der Waals surface area contributed by atoms with E-state index in [0.717, 1.165) is 31.0 Å². The minimum absolute atomic E-state index is 0.00248. The Morgan fingerprint density at radius 2 is 2.00 bits per heavy atom. The molecule has 2 amide bonds. The third-order valence-corrected chi connectivity index (χ3v) is 4.26. The normalized spacial score (nSPS) is 15.8. The smallest absolute Gasteiger partial charge is 0.352 e. The zero-order valence-corrected chi connectivity index (χ0v) is 14.5. The van der Waals surface area contributed by atoms with Crippen molar-refractivity contribution in [3.05, 3.63) is 28.8 Å². The summed E-state index contributed by atoms with van der Waals surface area (Å²) in [5.41, 5.74) is -1.03. The lowest BCUT2D eigenvalue weighted by atomic mass is 10.2. The van der Waals surface area contributed by atoms with Gasteiger partial charge in [0.2, 0.25) is 11.8 Å². The fourth-order valence-corrected chi connectivity index (χ4v) is 2.26. The number of likely N-dealkylation sites (N-methyl/N-ethyl adjacent to an activating group) is 1. The van der Waals surface area contributed by atoms with Gasteiger partial charge in [0.05, 0.1) is 28.9 Å². The van der Waals surface area contributed by atoms with E-state index < -0.39 is 23.7 Å². The standard InChI is InChI=1S/C16H19ClF3N3O2/c1-9(23(2)8-14(24)21-11-4-5-11)15(25)22-13-7-10(16(18,19)20)3-6-12(13)17/h3,6-7,9,11H,4-5,8H2,1-2H3,(H,21,24)(H,22,25)/t9-/m0/s1. The highest BCUT2D eigenvalue weighted by Gasteiger charge is 2.31. The van der Waals surface area contributed by atoms with Crippen LogP contribution in [0.25, 0.3) is 0 Å². The number of anilines is 1. The van der Waals surface area contributed by atoms with Crippen LogP contribution in [0.4, 0.5) is 18.9 Å². The molecule has 0 spiro atoms. The third kappa shape index (κ3) is 5.61. The van der Waals surface area contributed by atoms with E-state index in [4.69, 9.17) is 11.6 Å². The average molecular weight is 378 g/mol. The van der Waals surface area contributed by atoms with Crippen molar-refractivity contribution in [3.8, 4) is 0 Å². The fraction of sp³-hybridized carbons (Fsp3) is 0.500. The van der Waals surface area contributed by atoms with Crippen LogP contribution < -0.4 is 10.6 Å². The van der Waals surface area contributed by atoms with Gasteiger partial charge >= 0.3 is 6.18 Å². The first-order valence-corrected chi connectivity index (χ1v) is 8.13. The summed E-state index contributed by atoms with van der Waals surface area (Å²) in [7, 11) is 1.59. The Morgan fingerprint density at radius 1 is 1.36 bits per heavy atom. The molecule has 0 aromatic heterocycles. The van der Waals surface area contributed by atoms with Gasteiger partial charge in [-0.05, 0) is 45.0 Å². The van der Waals surface area contributed by atoms with Gasteiger partial charge in [-0.15, -0.1) is 0 Å². The Kier molecular flexibility index (Phi) is 5.95. The quantitative estimate of drug-likeness (QED) is 0.801. The van der Waals surface area contributed by atoms with Crippen LogP contribution in [0, 0.1) is 0 Å². The number of alkyl halides is 3. The number of nitrogens with one attached hydrogen (secondary N) is 2. The molecule has 2 N–H and O–H groups in total. The van der Waals surface area contributed by atoms with E-state index in [1.807, 2.05) is 0 Å². The number of hydrogen-bond donors (Lipinski definition) is 2.